The summed E-state index contributed by atoms with van der Waals surface area (Å²) in [5.74, 6) is -0.481. The molecule has 0 fully saturated rings. The summed E-state index contributed by atoms with van der Waals surface area (Å²) in [6.07, 6.45) is 4.68. The Morgan fingerprint density at radius 3 is 2.43 bits per heavy atom. The number of fused-ring (bicyclic) bond motifs is 1. The molecule has 172 valence electrons. The molecule has 1 N–H and O–H groups in total. The molecule has 2 aromatic heterocycles. The molecular formula is C28H21N3O4. The average molecular weight is 463 g/mol. The maximum atomic E-state index is 12.3. The van der Waals surface area contributed by atoms with Gasteiger partial charge < -0.3 is 14.5 Å². The van der Waals surface area contributed by atoms with Gasteiger partial charge in [-0.15, -0.1) is 0 Å². The fourth-order valence-corrected chi connectivity index (χ4v) is 3.57. The van der Waals surface area contributed by atoms with Crippen molar-refractivity contribution in [2.75, 3.05) is 11.9 Å². The highest BCUT2D eigenvalue weighted by molar-refractivity contribution is 5.95. The Balaban J connectivity index is 1.35. The highest BCUT2D eigenvalue weighted by Crippen LogP contribution is 2.30. The molecule has 7 heteroatoms. The van der Waals surface area contributed by atoms with Gasteiger partial charge in [0, 0.05) is 28.9 Å². The third-order valence-corrected chi connectivity index (χ3v) is 5.22. The van der Waals surface area contributed by atoms with Crippen LogP contribution in [0.25, 0.3) is 34.2 Å². The predicted octanol–water partition coefficient (Wildman–Crippen LogP) is 5.48. The van der Waals surface area contributed by atoms with E-state index in [1.54, 1.807) is 35.0 Å². The number of carbonyl (C=O) groups is 2. The number of aromatic nitrogens is 2. The minimum atomic E-state index is -0.642. The molecule has 0 aliphatic heterocycles. The van der Waals surface area contributed by atoms with Gasteiger partial charge in [0.15, 0.2) is 12.4 Å². The van der Waals surface area contributed by atoms with Crippen molar-refractivity contribution in [1.82, 2.24) is 9.78 Å². The SMILES string of the molecule is O=C(COC(=O)C=Cc1cn(-c2ccccc2)nc1-c1cc2ccccc2o1)Nc1ccccc1. The summed E-state index contributed by atoms with van der Waals surface area (Å²) in [5, 5.41) is 8.32. The van der Waals surface area contributed by atoms with Crippen LogP contribution < -0.4 is 5.32 Å². The minimum absolute atomic E-state index is 0.391. The number of hydrogen-bond acceptors (Lipinski definition) is 5. The maximum Gasteiger partial charge on any atom is 0.331 e. The van der Waals surface area contributed by atoms with Crippen molar-refractivity contribution >= 4 is 34.6 Å². The van der Waals surface area contributed by atoms with E-state index in [1.807, 2.05) is 72.9 Å². The van der Waals surface area contributed by atoms with Crippen molar-refractivity contribution < 1.29 is 18.7 Å². The number of furan rings is 1. The van der Waals surface area contributed by atoms with E-state index in [4.69, 9.17) is 14.3 Å². The first kappa shape index (κ1) is 21.9. The van der Waals surface area contributed by atoms with Gasteiger partial charge in [-0.3, -0.25) is 4.79 Å². The first-order valence-corrected chi connectivity index (χ1v) is 11.0. The zero-order valence-corrected chi connectivity index (χ0v) is 18.6. The number of rotatable bonds is 7. The van der Waals surface area contributed by atoms with Gasteiger partial charge in [-0.05, 0) is 42.5 Å². The van der Waals surface area contributed by atoms with E-state index >= 15 is 0 Å². The number of esters is 1. The molecule has 0 saturated carbocycles. The quantitative estimate of drug-likeness (QED) is 0.255. The number of ether oxygens (including phenoxy) is 1. The second kappa shape index (κ2) is 9.93. The Morgan fingerprint density at radius 2 is 1.66 bits per heavy atom. The molecule has 0 bridgehead atoms. The molecule has 0 aliphatic rings. The molecule has 0 unspecified atom stereocenters. The van der Waals surface area contributed by atoms with Gasteiger partial charge in [-0.25, -0.2) is 9.48 Å². The second-order valence-corrected chi connectivity index (χ2v) is 7.72. The van der Waals surface area contributed by atoms with Crippen LogP contribution in [0.4, 0.5) is 5.69 Å². The Hall–Kier alpha value is -4.91. The zero-order chi connectivity index (χ0) is 24.0. The number of carbonyl (C=O) groups excluding carboxylic acids is 2. The standard InChI is InChI=1S/C28H21N3O4/c32-26(29-22-10-3-1-4-11-22)19-34-27(33)16-15-21-18-31(23-12-5-2-6-13-23)30-28(21)25-17-20-9-7-8-14-24(20)35-25/h1-18H,19H2,(H,29,32). The van der Waals surface area contributed by atoms with Crippen LogP contribution in [0.15, 0.2) is 108 Å². The lowest BCUT2D eigenvalue weighted by atomic mass is 10.2. The van der Waals surface area contributed by atoms with Crippen molar-refractivity contribution in [2.24, 2.45) is 0 Å². The van der Waals surface area contributed by atoms with E-state index in [1.165, 1.54) is 6.08 Å². The van der Waals surface area contributed by atoms with Gasteiger partial charge in [-0.1, -0.05) is 54.6 Å². The van der Waals surface area contributed by atoms with E-state index in [-0.39, 0.29) is 0 Å². The summed E-state index contributed by atoms with van der Waals surface area (Å²) in [7, 11) is 0. The van der Waals surface area contributed by atoms with Gasteiger partial charge in [0.1, 0.15) is 11.3 Å². The summed E-state index contributed by atoms with van der Waals surface area (Å²) in [6.45, 7) is -0.391. The van der Waals surface area contributed by atoms with Crippen LogP contribution in [-0.2, 0) is 14.3 Å². The Bertz CT molecular complexity index is 1470. The second-order valence-electron chi connectivity index (χ2n) is 7.72. The van der Waals surface area contributed by atoms with E-state index in [0.29, 0.717) is 22.7 Å². The fourth-order valence-electron chi connectivity index (χ4n) is 3.57. The number of nitrogens with zero attached hydrogens (tertiary/aromatic N) is 2. The third kappa shape index (κ3) is 5.20. The third-order valence-electron chi connectivity index (χ3n) is 5.22. The van der Waals surface area contributed by atoms with E-state index in [2.05, 4.69) is 5.32 Å². The van der Waals surface area contributed by atoms with Crippen molar-refractivity contribution in [3.05, 3.63) is 109 Å². The van der Waals surface area contributed by atoms with Crippen LogP contribution in [-0.4, -0.2) is 28.3 Å². The Labute approximate surface area is 201 Å². The van der Waals surface area contributed by atoms with Crippen LogP contribution in [0.3, 0.4) is 0 Å². The van der Waals surface area contributed by atoms with Gasteiger partial charge in [0.2, 0.25) is 0 Å². The molecule has 0 radical (unpaired) electrons. The lowest BCUT2D eigenvalue weighted by Gasteiger charge is -2.04. The lowest BCUT2D eigenvalue weighted by Crippen LogP contribution is -2.20. The predicted molar refractivity (Wildman–Crippen MR) is 134 cm³/mol. The number of hydrogen-bond donors (Lipinski definition) is 1. The van der Waals surface area contributed by atoms with Crippen LogP contribution in [0, 0.1) is 0 Å². The molecule has 0 aliphatic carbocycles. The van der Waals surface area contributed by atoms with Crippen LogP contribution in [0.5, 0.6) is 0 Å². The molecule has 1 amide bonds. The van der Waals surface area contributed by atoms with E-state index < -0.39 is 18.5 Å². The lowest BCUT2D eigenvalue weighted by molar-refractivity contribution is -0.142. The smallest absolute Gasteiger partial charge is 0.331 e. The van der Waals surface area contributed by atoms with Gasteiger partial charge in [-0.2, -0.15) is 5.10 Å². The largest absolute Gasteiger partial charge is 0.454 e. The van der Waals surface area contributed by atoms with Gasteiger partial charge >= 0.3 is 5.97 Å². The monoisotopic (exact) mass is 463 g/mol. The zero-order valence-electron chi connectivity index (χ0n) is 18.6. The number of anilines is 1. The van der Waals surface area contributed by atoms with Crippen LogP contribution >= 0.6 is 0 Å². The molecular weight excluding hydrogens is 442 g/mol. The summed E-state index contributed by atoms with van der Waals surface area (Å²) in [6, 6.07) is 28.2. The van der Waals surface area contributed by atoms with Crippen molar-refractivity contribution in [3.63, 3.8) is 0 Å². The number of nitrogens with one attached hydrogen (secondary N) is 1. The Morgan fingerprint density at radius 1 is 0.943 bits per heavy atom. The van der Waals surface area contributed by atoms with Crippen molar-refractivity contribution in [1.29, 1.82) is 0 Å². The molecule has 2 heterocycles. The number of benzene rings is 3. The van der Waals surface area contributed by atoms with Crippen molar-refractivity contribution in [3.8, 4) is 17.1 Å². The summed E-state index contributed by atoms with van der Waals surface area (Å²) >= 11 is 0. The maximum absolute atomic E-state index is 12.3. The molecule has 0 atom stereocenters. The van der Waals surface area contributed by atoms with E-state index in [9.17, 15) is 9.59 Å². The average Bonchev–Trinajstić information content (AvgIpc) is 3.52. The normalized spacial score (nSPS) is 11.1. The first-order valence-electron chi connectivity index (χ1n) is 11.0. The van der Waals surface area contributed by atoms with Crippen LogP contribution in [0.2, 0.25) is 0 Å². The highest BCUT2D eigenvalue weighted by Gasteiger charge is 2.15. The van der Waals surface area contributed by atoms with Crippen molar-refractivity contribution in [2.45, 2.75) is 0 Å². The Kier molecular flexibility index (Phi) is 6.21. The topological polar surface area (TPSA) is 86.4 Å². The molecule has 0 spiro atoms. The van der Waals surface area contributed by atoms with Crippen LogP contribution in [0.1, 0.15) is 5.56 Å². The summed E-state index contributed by atoms with van der Waals surface area (Å²) in [5.41, 5.74) is 3.49. The molecule has 35 heavy (non-hydrogen) atoms. The fraction of sp³-hybridized carbons (Fsp3) is 0.0357. The summed E-state index contributed by atoms with van der Waals surface area (Å²) in [4.78, 5) is 24.3. The number of para-hydroxylation sites is 3. The molecule has 3 aromatic carbocycles. The van der Waals surface area contributed by atoms with E-state index in [0.717, 1.165) is 16.7 Å². The molecule has 7 nitrogen and oxygen atoms in total. The summed E-state index contributed by atoms with van der Waals surface area (Å²) < 4.78 is 12.8. The minimum Gasteiger partial charge on any atom is -0.454 e. The van der Waals surface area contributed by atoms with Gasteiger partial charge in [0.05, 0.1) is 5.69 Å². The first-order chi connectivity index (χ1) is 17.2. The number of amides is 1. The molecule has 5 rings (SSSR count). The highest BCUT2D eigenvalue weighted by atomic mass is 16.5. The van der Waals surface area contributed by atoms with Gasteiger partial charge in [0.25, 0.3) is 5.91 Å². The molecule has 5 aromatic rings. The molecule has 0 saturated heterocycles.